The minimum absolute atomic E-state index is 0.441. The number of rotatable bonds is 2. The van der Waals surface area contributed by atoms with Crippen LogP contribution in [-0.2, 0) is 6.54 Å². The first-order valence-corrected chi connectivity index (χ1v) is 3.80. The van der Waals surface area contributed by atoms with E-state index in [-0.39, 0.29) is 0 Å². The normalized spacial score (nSPS) is 10.2. The van der Waals surface area contributed by atoms with Gasteiger partial charge in [0.25, 0.3) is 0 Å². The molecule has 0 radical (unpaired) electrons. The van der Waals surface area contributed by atoms with E-state index in [2.05, 4.69) is 10.2 Å². The average Bonchev–Trinajstić information content (AvgIpc) is 2.30. The van der Waals surface area contributed by atoms with Crippen LogP contribution in [0, 0.1) is 0 Å². The standard InChI is InChI=1S/C6H11ClN4/c1-4-11-5(7)8-9-6(11)10(2)3/h4H2,1-3H3. The Balaban J connectivity index is 3.05. The van der Waals surface area contributed by atoms with Gasteiger partial charge in [0, 0.05) is 20.6 Å². The second kappa shape index (κ2) is 3.09. The number of nitrogens with zero attached hydrogens (tertiary/aromatic N) is 4. The van der Waals surface area contributed by atoms with Gasteiger partial charge in [0.2, 0.25) is 11.2 Å². The molecule has 0 aliphatic rings. The molecule has 0 fully saturated rings. The maximum absolute atomic E-state index is 5.75. The van der Waals surface area contributed by atoms with Crippen LogP contribution in [0.5, 0.6) is 0 Å². The Morgan fingerprint density at radius 1 is 1.45 bits per heavy atom. The molecule has 11 heavy (non-hydrogen) atoms. The molecule has 0 aromatic carbocycles. The van der Waals surface area contributed by atoms with E-state index in [1.807, 2.05) is 30.5 Å². The topological polar surface area (TPSA) is 34.0 Å². The molecule has 0 aliphatic carbocycles. The van der Waals surface area contributed by atoms with Gasteiger partial charge in [0.1, 0.15) is 0 Å². The zero-order chi connectivity index (χ0) is 8.43. The SMILES string of the molecule is CCn1c(Cl)nnc1N(C)C. The van der Waals surface area contributed by atoms with Crippen LogP contribution in [0.25, 0.3) is 0 Å². The monoisotopic (exact) mass is 174 g/mol. The van der Waals surface area contributed by atoms with Gasteiger partial charge in [-0.15, -0.1) is 10.2 Å². The van der Waals surface area contributed by atoms with Crippen LogP contribution < -0.4 is 4.90 Å². The van der Waals surface area contributed by atoms with Crippen LogP contribution >= 0.6 is 11.6 Å². The zero-order valence-electron chi connectivity index (χ0n) is 6.87. The molecule has 62 valence electrons. The van der Waals surface area contributed by atoms with E-state index < -0.39 is 0 Å². The van der Waals surface area contributed by atoms with Gasteiger partial charge in [0.05, 0.1) is 0 Å². The minimum Gasteiger partial charge on any atom is -0.347 e. The van der Waals surface area contributed by atoms with Crippen molar-refractivity contribution in [1.29, 1.82) is 0 Å². The Labute approximate surface area is 70.8 Å². The molecule has 0 bridgehead atoms. The molecule has 1 aromatic rings. The van der Waals surface area contributed by atoms with Gasteiger partial charge < -0.3 is 4.90 Å². The number of hydrogen-bond donors (Lipinski definition) is 0. The third kappa shape index (κ3) is 1.45. The highest BCUT2D eigenvalue weighted by atomic mass is 35.5. The van der Waals surface area contributed by atoms with Gasteiger partial charge in [0.15, 0.2) is 0 Å². The van der Waals surface area contributed by atoms with Crippen LogP contribution in [0.2, 0.25) is 5.28 Å². The van der Waals surface area contributed by atoms with Crippen LogP contribution in [-0.4, -0.2) is 28.9 Å². The van der Waals surface area contributed by atoms with Crippen molar-refractivity contribution in [1.82, 2.24) is 14.8 Å². The summed E-state index contributed by atoms with van der Waals surface area (Å²) in [6, 6.07) is 0. The molecule has 0 saturated carbocycles. The first kappa shape index (κ1) is 8.33. The molecular formula is C6H11ClN4. The minimum atomic E-state index is 0.441. The molecule has 0 saturated heterocycles. The quantitative estimate of drug-likeness (QED) is 0.672. The lowest BCUT2D eigenvalue weighted by Gasteiger charge is -2.11. The van der Waals surface area contributed by atoms with E-state index in [0.717, 1.165) is 12.5 Å². The molecule has 1 heterocycles. The van der Waals surface area contributed by atoms with E-state index in [9.17, 15) is 0 Å². The van der Waals surface area contributed by atoms with Crippen molar-refractivity contribution < 1.29 is 0 Å². The van der Waals surface area contributed by atoms with Crippen molar-refractivity contribution in [3.05, 3.63) is 5.28 Å². The lowest BCUT2D eigenvalue weighted by atomic mass is 10.7. The summed E-state index contributed by atoms with van der Waals surface area (Å²) in [4.78, 5) is 1.88. The van der Waals surface area contributed by atoms with E-state index in [1.165, 1.54) is 0 Å². The third-order valence-electron chi connectivity index (χ3n) is 1.40. The van der Waals surface area contributed by atoms with Crippen molar-refractivity contribution in [3.8, 4) is 0 Å². The molecule has 1 rings (SSSR count). The van der Waals surface area contributed by atoms with E-state index in [1.54, 1.807) is 0 Å². The molecule has 5 heteroatoms. The number of halogens is 1. The van der Waals surface area contributed by atoms with Crippen LogP contribution in [0.1, 0.15) is 6.92 Å². The first-order valence-electron chi connectivity index (χ1n) is 3.42. The van der Waals surface area contributed by atoms with Crippen molar-refractivity contribution in [3.63, 3.8) is 0 Å². The summed E-state index contributed by atoms with van der Waals surface area (Å²) in [5.74, 6) is 0.789. The lowest BCUT2D eigenvalue weighted by molar-refractivity contribution is 0.746. The highest BCUT2D eigenvalue weighted by molar-refractivity contribution is 6.28. The molecule has 4 nitrogen and oxygen atoms in total. The molecular weight excluding hydrogens is 164 g/mol. The summed E-state index contributed by atoms with van der Waals surface area (Å²) in [5.41, 5.74) is 0. The number of aromatic nitrogens is 3. The third-order valence-corrected chi connectivity index (χ3v) is 1.68. The zero-order valence-corrected chi connectivity index (χ0v) is 7.63. The highest BCUT2D eigenvalue weighted by Gasteiger charge is 2.08. The molecule has 0 atom stereocenters. The van der Waals surface area contributed by atoms with Gasteiger partial charge in [-0.2, -0.15) is 0 Å². The summed E-state index contributed by atoms with van der Waals surface area (Å²) in [6.07, 6.45) is 0. The van der Waals surface area contributed by atoms with Crippen molar-refractivity contribution in [2.45, 2.75) is 13.5 Å². The Hall–Kier alpha value is -0.770. The Morgan fingerprint density at radius 2 is 2.09 bits per heavy atom. The fraction of sp³-hybridized carbons (Fsp3) is 0.667. The summed E-state index contributed by atoms with van der Waals surface area (Å²) >= 11 is 5.75. The maximum atomic E-state index is 5.75. The summed E-state index contributed by atoms with van der Waals surface area (Å²) in [6.45, 7) is 2.79. The van der Waals surface area contributed by atoms with Crippen molar-refractivity contribution >= 4 is 17.5 Å². The van der Waals surface area contributed by atoms with E-state index in [4.69, 9.17) is 11.6 Å². The summed E-state index contributed by atoms with van der Waals surface area (Å²) in [7, 11) is 3.82. The Kier molecular flexibility index (Phi) is 2.34. The molecule has 1 aromatic heterocycles. The molecule has 0 N–H and O–H groups in total. The van der Waals surface area contributed by atoms with Gasteiger partial charge in [-0.1, -0.05) is 0 Å². The molecule has 0 unspecified atom stereocenters. The fourth-order valence-corrected chi connectivity index (χ4v) is 1.11. The highest BCUT2D eigenvalue weighted by Crippen LogP contribution is 2.13. The van der Waals surface area contributed by atoms with E-state index >= 15 is 0 Å². The second-order valence-corrected chi connectivity index (χ2v) is 2.75. The van der Waals surface area contributed by atoms with Gasteiger partial charge in [-0.25, -0.2) is 0 Å². The number of anilines is 1. The Bertz CT molecular complexity index is 243. The molecule has 0 spiro atoms. The van der Waals surface area contributed by atoms with Crippen molar-refractivity contribution in [2.75, 3.05) is 19.0 Å². The van der Waals surface area contributed by atoms with E-state index in [0.29, 0.717) is 5.28 Å². The summed E-state index contributed by atoms with van der Waals surface area (Å²) in [5, 5.41) is 8.08. The van der Waals surface area contributed by atoms with Crippen LogP contribution in [0.3, 0.4) is 0 Å². The fourth-order valence-electron chi connectivity index (χ4n) is 0.879. The summed E-state index contributed by atoms with van der Waals surface area (Å²) < 4.78 is 1.83. The average molecular weight is 175 g/mol. The first-order chi connectivity index (χ1) is 5.16. The van der Waals surface area contributed by atoms with Crippen LogP contribution in [0.15, 0.2) is 0 Å². The molecule has 0 aliphatic heterocycles. The van der Waals surface area contributed by atoms with Gasteiger partial charge in [-0.05, 0) is 18.5 Å². The van der Waals surface area contributed by atoms with Crippen molar-refractivity contribution in [2.24, 2.45) is 0 Å². The maximum Gasteiger partial charge on any atom is 0.227 e. The smallest absolute Gasteiger partial charge is 0.227 e. The second-order valence-electron chi connectivity index (χ2n) is 2.41. The predicted molar refractivity (Wildman–Crippen MR) is 45.0 cm³/mol. The predicted octanol–water partition coefficient (Wildman–Crippen LogP) is 1.02. The molecule has 0 amide bonds. The van der Waals surface area contributed by atoms with Crippen LogP contribution in [0.4, 0.5) is 5.95 Å². The van der Waals surface area contributed by atoms with Gasteiger partial charge in [-0.3, -0.25) is 4.57 Å². The number of hydrogen-bond acceptors (Lipinski definition) is 3. The van der Waals surface area contributed by atoms with Gasteiger partial charge >= 0.3 is 0 Å². The Morgan fingerprint density at radius 3 is 2.45 bits per heavy atom. The lowest BCUT2D eigenvalue weighted by Crippen LogP contribution is -2.15. The largest absolute Gasteiger partial charge is 0.347 e.